The van der Waals surface area contributed by atoms with Gasteiger partial charge in [-0.25, -0.2) is 0 Å². The van der Waals surface area contributed by atoms with Gasteiger partial charge < -0.3 is 19.5 Å². The quantitative estimate of drug-likeness (QED) is 0.719. The normalized spacial score (nSPS) is 42.0. The van der Waals surface area contributed by atoms with Crippen molar-refractivity contribution in [2.45, 2.75) is 69.2 Å². The molecule has 0 aromatic carbocycles. The van der Waals surface area contributed by atoms with Gasteiger partial charge in [-0.3, -0.25) is 14.5 Å². The van der Waals surface area contributed by atoms with Gasteiger partial charge >= 0.3 is 0 Å². The molecule has 4 bridgehead atoms. The fraction of sp³-hybridized carbons (Fsp3) is 0.778. The largest absolute Gasteiger partial charge is 0.370 e. The van der Waals surface area contributed by atoms with Crippen LogP contribution < -0.4 is 5.56 Å². The van der Waals surface area contributed by atoms with Crippen molar-refractivity contribution >= 4 is 5.91 Å². The molecule has 7 nitrogen and oxygen atoms in total. The van der Waals surface area contributed by atoms with Gasteiger partial charge in [-0.1, -0.05) is 12.5 Å². The summed E-state index contributed by atoms with van der Waals surface area (Å²) in [5.74, 6) is 1.83. The van der Waals surface area contributed by atoms with Gasteiger partial charge in [-0.2, -0.15) is 0 Å². The average molecular weight is 467 g/mol. The minimum atomic E-state index is -1.00. The lowest BCUT2D eigenvalue weighted by Gasteiger charge is -2.63. The molecule has 7 heterocycles. The maximum Gasteiger partial charge on any atom is 0.250 e. The molecule has 0 spiro atoms. The summed E-state index contributed by atoms with van der Waals surface area (Å²) in [7, 11) is 0. The maximum atomic E-state index is 13.1. The predicted octanol–water partition coefficient (Wildman–Crippen LogP) is 1.70. The Labute approximate surface area is 201 Å². The first kappa shape index (κ1) is 21.6. The number of rotatable bonds is 2. The Bertz CT molecular complexity index is 1040. The number of carbonyl (C=O) groups excluding carboxylic acids is 1. The first-order valence-corrected chi connectivity index (χ1v) is 13.7. The fourth-order valence-corrected chi connectivity index (χ4v) is 8.94. The first-order valence-electron chi connectivity index (χ1n) is 13.7. The molecule has 7 heteroatoms. The molecule has 184 valence electrons. The van der Waals surface area contributed by atoms with Crippen molar-refractivity contribution in [1.29, 1.82) is 0 Å². The zero-order chi connectivity index (χ0) is 23.0. The molecule has 0 unspecified atom stereocenters. The number of amides is 1. The van der Waals surface area contributed by atoms with Gasteiger partial charge in [-0.15, -0.1) is 0 Å². The van der Waals surface area contributed by atoms with E-state index < -0.39 is 5.72 Å². The predicted molar refractivity (Wildman–Crippen MR) is 128 cm³/mol. The van der Waals surface area contributed by atoms with Crippen molar-refractivity contribution < 1.29 is 9.90 Å². The third-order valence-electron chi connectivity index (χ3n) is 10.3. The molecule has 0 aliphatic carbocycles. The van der Waals surface area contributed by atoms with Gasteiger partial charge in [0.05, 0.1) is 0 Å². The summed E-state index contributed by atoms with van der Waals surface area (Å²) < 4.78 is 1.99. The van der Waals surface area contributed by atoms with E-state index in [-0.39, 0.29) is 23.3 Å². The van der Waals surface area contributed by atoms with E-state index in [0.717, 1.165) is 65.1 Å². The van der Waals surface area contributed by atoms with Crippen LogP contribution in [0.15, 0.2) is 23.0 Å². The molecule has 34 heavy (non-hydrogen) atoms. The number of fused-ring (bicyclic) bond motifs is 10. The van der Waals surface area contributed by atoms with Crippen molar-refractivity contribution in [3.05, 3.63) is 34.2 Å². The van der Waals surface area contributed by atoms with E-state index in [0.29, 0.717) is 30.2 Å². The van der Waals surface area contributed by atoms with Crippen LogP contribution in [-0.2, 0) is 11.3 Å². The number of hydrogen-bond donors (Lipinski definition) is 1. The topological polar surface area (TPSA) is 69.0 Å². The van der Waals surface area contributed by atoms with E-state index >= 15 is 0 Å². The highest BCUT2D eigenvalue weighted by Crippen LogP contribution is 2.50. The number of pyridine rings is 1. The lowest BCUT2D eigenvalue weighted by Crippen LogP contribution is -2.74. The zero-order valence-corrected chi connectivity index (χ0v) is 20.1. The standard InChI is InChI=1S/C27H38N4O3/c32-25-6-3-5-24-19-10-18(13-30(24)25)12-28(14-19)16-21-7-8-26(33)31-15-20-11-22(27(21,31)34)17-29-9-2-1-4-23(20)29/h3,5-6,18-23,34H,1-2,4,7-17H2/t18-,19+,20+,21+,22+,23+,27+/m0/s1. The Balaban J connectivity index is 1.14. The Kier molecular flexibility index (Phi) is 5.01. The van der Waals surface area contributed by atoms with Crippen molar-refractivity contribution in [1.82, 2.24) is 19.3 Å². The maximum absolute atomic E-state index is 13.1. The molecule has 6 aliphatic rings. The summed E-state index contributed by atoms with van der Waals surface area (Å²) in [5, 5.41) is 12.4. The second-order valence-electron chi connectivity index (χ2n) is 12.2. The summed E-state index contributed by atoms with van der Waals surface area (Å²) >= 11 is 0. The van der Waals surface area contributed by atoms with Gasteiger partial charge in [0, 0.05) is 81.2 Å². The summed E-state index contributed by atoms with van der Waals surface area (Å²) in [5.41, 5.74) is 0.299. The third kappa shape index (κ3) is 3.19. The van der Waals surface area contributed by atoms with E-state index in [4.69, 9.17) is 0 Å². The van der Waals surface area contributed by atoms with Crippen molar-refractivity contribution in [3.8, 4) is 0 Å². The summed E-state index contributed by atoms with van der Waals surface area (Å²) in [6, 6.07) is 6.31. The van der Waals surface area contributed by atoms with Crippen LogP contribution in [0.5, 0.6) is 0 Å². The Morgan fingerprint density at radius 2 is 1.91 bits per heavy atom. The van der Waals surface area contributed by atoms with E-state index in [1.807, 2.05) is 15.5 Å². The summed E-state index contributed by atoms with van der Waals surface area (Å²) in [6.45, 7) is 6.43. The van der Waals surface area contributed by atoms with Crippen LogP contribution in [-0.4, -0.2) is 81.3 Å². The highest BCUT2D eigenvalue weighted by Gasteiger charge is 2.60. The molecule has 7 rings (SSSR count). The molecule has 1 amide bonds. The second kappa shape index (κ2) is 7.90. The van der Waals surface area contributed by atoms with Crippen LogP contribution in [0, 0.1) is 23.7 Å². The molecule has 1 aromatic rings. The smallest absolute Gasteiger partial charge is 0.250 e. The van der Waals surface area contributed by atoms with Crippen LogP contribution >= 0.6 is 0 Å². The van der Waals surface area contributed by atoms with Gasteiger partial charge in [0.2, 0.25) is 5.91 Å². The minimum Gasteiger partial charge on any atom is -0.370 e. The number of hydrogen-bond acceptors (Lipinski definition) is 5. The highest BCUT2D eigenvalue weighted by molar-refractivity contribution is 5.78. The Morgan fingerprint density at radius 3 is 2.82 bits per heavy atom. The second-order valence-corrected chi connectivity index (χ2v) is 12.2. The highest BCUT2D eigenvalue weighted by atomic mass is 16.3. The van der Waals surface area contributed by atoms with Crippen molar-refractivity contribution in [2.75, 3.05) is 39.3 Å². The molecule has 5 saturated heterocycles. The first-order chi connectivity index (χ1) is 16.5. The third-order valence-corrected chi connectivity index (χ3v) is 10.3. The van der Waals surface area contributed by atoms with Crippen LogP contribution in [0.2, 0.25) is 0 Å². The lowest BCUT2D eigenvalue weighted by atomic mass is 9.65. The Hall–Kier alpha value is -1.70. The summed E-state index contributed by atoms with van der Waals surface area (Å²) in [4.78, 5) is 32.6. The molecule has 0 radical (unpaired) electrons. The molecular weight excluding hydrogens is 428 g/mol. The van der Waals surface area contributed by atoms with E-state index in [1.54, 1.807) is 6.07 Å². The van der Waals surface area contributed by atoms with Crippen LogP contribution in [0.25, 0.3) is 0 Å². The number of likely N-dealkylation sites (tertiary alicyclic amines) is 1. The molecule has 1 aromatic heterocycles. The van der Waals surface area contributed by atoms with Crippen LogP contribution in [0.1, 0.15) is 56.6 Å². The van der Waals surface area contributed by atoms with Crippen molar-refractivity contribution in [3.63, 3.8) is 0 Å². The SMILES string of the molecule is O=C1CC[C@H](CN2C[C@@H]3C[C@H](C2)c2cccc(=O)n2C3)[C@@]2(O)[C@@H]3C[C@H](CN12)[C@H]1CCCCN1C3. The van der Waals surface area contributed by atoms with Crippen molar-refractivity contribution in [2.24, 2.45) is 23.7 Å². The van der Waals surface area contributed by atoms with Gasteiger partial charge in [-0.05, 0) is 56.6 Å². The zero-order valence-electron chi connectivity index (χ0n) is 20.1. The van der Waals surface area contributed by atoms with Crippen LogP contribution in [0.4, 0.5) is 0 Å². The molecule has 1 N–H and O–H groups in total. The minimum absolute atomic E-state index is 0.106. The molecular formula is C27H38N4O3. The molecule has 5 fully saturated rings. The van der Waals surface area contributed by atoms with E-state index in [9.17, 15) is 14.7 Å². The number of carbonyl (C=O) groups is 1. The monoisotopic (exact) mass is 466 g/mol. The Morgan fingerprint density at radius 1 is 1.00 bits per heavy atom. The van der Waals surface area contributed by atoms with Gasteiger partial charge in [0.1, 0.15) is 5.72 Å². The lowest BCUT2D eigenvalue weighted by molar-refractivity contribution is -0.251. The molecule has 0 saturated carbocycles. The number of aliphatic hydroxyl groups is 1. The van der Waals surface area contributed by atoms with Gasteiger partial charge in [0.25, 0.3) is 5.56 Å². The number of piperidine rings is 5. The fourth-order valence-electron chi connectivity index (χ4n) is 8.94. The number of aromatic nitrogens is 1. The summed E-state index contributed by atoms with van der Waals surface area (Å²) in [6.07, 6.45) is 7.40. The molecule has 6 aliphatic heterocycles. The number of nitrogens with zero attached hydrogens (tertiary/aromatic N) is 4. The van der Waals surface area contributed by atoms with Crippen LogP contribution in [0.3, 0.4) is 0 Å². The molecule has 7 atom stereocenters. The average Bonchev–Trinajstić information content (AvgIpc) is 2.83. The van der Waals surface area contributed by atoms with E-state index in [1.165, 1.54) is 25.0 Å². The van der Waals surface area contributed by atoms with E-state index in [2.05, 4.69) is 15.9 Å². The van der Waals surface area contributed by atoms with Gasteiger partial charge in [0.15, 0.2) is 0 Å².